The molecule has 0 aromatic heterocycles. The first-order valence-corrected chi connectivity index (χ1v) is 6.71. The van der Waals surface area contributed by atoms with Crippen molar-refractivity contribution in [1.29, 1.82) is 5.26 Å². The van der Waals surface area contributed by atoms with Gasteiger partial charge in [0.15, 0.2) is 0 Å². The van der Waals surface area contributed by atoms with Gasteiger partial charge in [-0.3, -0.25) is 0 Å². The van der Waals surface area contributed by atoms with Crippen LogP contribution in [0.1, 0.15) is 45.1 Å². The number of nitrogens with zero attached hydrogens (tertiary/aromatic N) is 1. The van der Waals surface area contributed by atoms with Gasteiger partial charge in [-0.25, -0.2) is 0 Å². The third-order valence-corrected chi connectivity index (χ3v) is 4.07. The molecule has 0 heterocycles. The van der Waals surface area contributed by atoms with Gasteiger partial charge in [0.25, 0.3) is 0 Å². The van der Waals surface area contributed by atoms with Gasteiger partial charge in [-0.1, -0.05) is 26.0 Å². The topological polar surface area (TPSA) is 35.8 Å². The molecular formula is C16H22N2. The van der Waals surface area contributed by atoms with E-state index in [-0.39, 0.29) is 5.54 Å². The van der Waals surface area contributed by atoms with Crippen LogP contribution in [0.4, 0.5) is 5.69 Å². The van der Waals surface area contributed by atoms with Crippen LogP contribution < -0.4 is 5.32 Å². The average Bonchev–Trinajstić information content (AvgIpc) is 2.33. The zero-order valence-corrected chi connectivity index (χ0v) is 11.6. The van der Waals surface area contributed by atoms with Crippen LogP contribution >= 0.6 is 0 Å². The summed E-state index contributed by atoms with van der Waals surface area (Å²) < 4.78 is 0. The minimum atomic E-state index is -0.372. The van der Waals surface area contributed by atoms with Crippen molar-refractivity contribution in [3.8, 4) is 6.07 Å². The molecule has 0 aliphatic heterocycles. The van der Waals surface area contributed by atoms with Gasteiger partial charge >= 0.3 is 0 Å². The lowest BCUT2D eigenvalue weighted by Crippen LogP contribution is -2.42. The molecule has 0 bridgehead atoms. The largest absolute Gasteiger partial charge is 0.367 e. The van der Waals surface area contributed by atoms with Crippen LogP contribution in [-0.2, 0) is 0 Å². The van der Waals surface area contributed by atoms with Crippen LogP contribution in [0.2, 0.25) is 0 Å². The standard InChI is InChI=1S/C16H22N2/c1-13-5-4-6-14(11-13)18-16(12-17)9-7-15(2,3)8-10-16/h4-6,11,18H,7-10H2,1-3H3. The summed E-state index contributed by atoms with van der Waals surface area (Å²) in [7, 11) is 0. The van der Waals surface area contributed by atoms with E-state index in [0.29, 0.717) is 5.41 Å². The van der Waals surface area contributed by atoms with Crippen molar-refractivity contribution in [2.45, 2.75) is 52.0 Å². The Labute approximate surface area is 110 Å². The van der Waals surface area contributed by atoms with Gasteiger partial charge in [-0.15, -0.1) is 0 Å². The second-order valence-electron chi connectivity index (χ2n) is 6.35. The molecule has 0 radical (unpaired) electrons. The lowest BCUT2D eigenvalue weighted by atomic mass is 9.70. The second kappa shape index (κ2) is 4.65. The molecule has 0 unspecified atom stereocenters. The monoisotopic (exact) mass is 242 g/mol. The molecule has 18 heavy (non-hydrogen) atoms. The molecule has 0 spiro atoms. The van der Waals surface area contributed by atoms with Crippen molar-refractivity contribution in [3.05, 3.63) is 29.8 Å². The van der Waals surface area contributed by atoms with Crippen LogP contribution in [-0.4, -0.2) is 5.54 Å². The maximum Gasteiger partial charge on any atom is 0.125 e. The highest BCUT2D eigenvalue weighted by atomic mass is 15.0. The summed E-state index contributed by atoms with van der Waals surface area (Å²) in [6, 6.07) is 10.8. The Hall–Kier alpha value is -1.49. The minimum Gasteiger partial charge on any atom is -0.367 e. The summed E-state index contributed by atoms with van der Waals surface area (Å²) in [6.07, 6.45) is 4.09. The normalized spacial score (nSPS) is 21.0. The highest BCUT2D eigenvalue weighted by molar-refractivity contribution is 5.49. The van der Waals surface area contributed by atoms with Crippen molar-refractivity contribution in [1.82, 2.24) is 0 Å². The molecule has 2 heteroatoms. The number of anilines is 1. The predicted octanol–water partition coefficient (Wildman–Crippen LogP) is 4.27. The quantitative estimate of drug-likeness (QED) is 0.840. The Morgan fingerprint density at radius 1 is 1.17 bits per heavy atom. The Bertz CT molecular complexity index is 458. The van der Waals surface area contributed by atoms with E-state index in [4.69, 9.17) is 0 Å². The summed E-state index contributed by atoms with van der Waals surface area (Å²) in [4.78, 5) is 0. The van der Waals surface area contributed by atoms with E-state index in [9.17, 15) is 5.26 Å². The smallest absolute Gasteiger partial charge is 0.125 e. The molecule has 0 atom stereocenters. The van der Waals surface area contributed by atoms with Gasteiger partial charge in [0.05, 0.1) is 6.07 Å². The van der Waals surface area contributed by atoms with E-state index >= 15 is 0 Å². The third-order valence-electron chi connectivity index (χ3n) is 4.07. The van der Waals surface area contributed by atoms with E-state index in [0.717, 1.165) is 31.4 Å². The summed E-state index contributed by atoms with van der Waals surface area (Å²) in [5, 5.41) is 13.0. The van der Waals surface area contributed by atoms with E-state index in [1.54, 1.807) is 0 Å². The fourth-order valence-corrected chi connectivity index (χ4v) is 2.62. The zero-order chi connectivity index (χ0) is 13.2. The molecule has 1 aliphatic rings. The van der Waals surface area contributed by atoms with E-state index in [1.807, 2.05) is 12.1 Å². The number of benzene rings is 1. The highest BCUT2D eigenvalue weighted by Gasteiger charge is 2.38. The van der Waals surface area contributed by atoms with Crippen LogP contribution in [0.25, 0.3) is 0 Å². The summed E-state index contributed by atoms with van der Waals surface area (Å²) in [6.45, 7) is 6.66. The number of hydrogen-bond donors (Lipinski definition) is 1. The number of nitrogens with one attached hydrogen (secondary N) is 1. The fourth-order valence-electron chi connectivity index (χ4n) is 2.62. The molecule has 0 saturated heterocycles. The molecule has 1 aliphatic carbocycles. The highest BCUT2D eigenvalue weighted by Crippen LogP contribution is 2.41. The third kappa shape index (κ3) is 2.85. The summed E-state index contributed by atoms with van der Waals surface area (Å²) in [5.74, 6) is 0. The maximum atomic E-state index is 9.53. The Morgan fingerprint density at radius 3 is 2.39 bits per heavy atom. The molecular weight excluding hydrogens is 220 g/mol. The van der Waals surface area contributed by atoms with E-state index < -0.39 is 0 Å². The lowest BCUT2D eigenvalue weighted by molar-refractivity contribution is 0.206. The zero-order valence-electron chi connectivity index (χ0n) is 11.6. The van der Waals surface area contributed by atoms with Gasteiger partial charge in [0.2, 0.25) is 0 Å². The second-order valence-corrected chi connectivity index (χ2v) is 6.35. The number of nitriles is 1. The van der Waals surface area contributed by atoms with Crippen molar-refractivity contribution < 1.29 is 0 Å². The van der Waals surface area contributed by atoms with Crippen LogP contribution in [0, 0.1) is 23.7 Å². The molecule has 1 saturated carbocycles. The van der Waals surface area contributed by atoms with E-state index in [2.05, 4.69) is 44.3 Å². The van der Waals surface area contributed by atoms with Crippen LogP contribution in [0.15, 0.2) is 24.3 Å². The molecule has 1 aromatic rings. The summed E-state index contributed by atoms with van der Waals surface area (Å²) in [5.41, 5.74) is 2.30. The molecule has 1 aromatic carbocycles. The van der Waals surface area contributed by atoms with Gasteiger partial charge in [-0.2, -0.15) is 5.26 Å². The first-order chi connectivity index (χ1) is 8.45. The maximum absolute atomic E-state index is 9.53. The molecule has 1 N–H and O–H groups in total. The minimum absolute atomic E-state index is 0.372. The van der Waals surface area contributed by atoms with E-state index in [1.165, 1.54) is 5.56 Å². The predicted molar refractivity (Wildman–Crippen MR) is 75.4 cm³/mol. The average molecular weight is 242 g/mol. The van der Waals surface area contributed by atoms with Crippen LogP contribution in [0.3, 0.4) is 0 Å². The molecule has 0 amide bonds. The SMILES string of the molecule is Cc1cccc(NC2(C#N)CCC(C)(C)CC2)c1. The van der Waals surface area contributed by atoms with Gasteiger partial charge in [-0.05, 0) is 55.7 Å². The molecule has 96 valence electrons. The molecule has 1 fully saturated rings. The van der Waals surface area contributed by atoms with Gasteiger partial charge in [0, 0.05) is 5.69 Å². The van der Waals surface area contributed by atoms with Crippen LogP contribution in [0.5, 0.6) is 0 Å². The van der Waals surface area contributed by atoms with Gasteiger partial charge < -0.3 is 5.32 Å². The first kappa shape index (κ1) is 13.0. The van der Waals surface area contributed by atoms with Crippen molar-refractivity contribution in [2.24, 2.45) is 5.41 Å². The molecule has 2 nitrogen and oxygen atoms in total. The fraction of sp³-hybridized carbons (Fsp3) is 0.562. The Morgan fingerprint density at radius 2 is 1.83 bits per heavy atom. The number of hydrogen-bond acceptors (Lipinski definition) is 2. The van der Waals surface area contributed by atoms with Crippen molar-refractivity contribution in [3.63, 3.8) is 0 Å². The number of aryl methyl sites for hydroxylation is 1. The Kier molecular flexibility index (Phi) is 3.34. The molecule has 2 rings (SSSR count). The lowest BCUT2D eigenvalue weighted by Gasteiger charge is -2.40. The summed E-state index contributed by atoms with van der Waals surface area (Å²) >= 11 is 0. The van der Waals surface area contributed by atoms with Gasteiger partial charge in [0.1, 0.15) is 5.54 Å². The first-order valence-electron chi connectivity index (χ1n) is 6.71. The Balaban J connectivity index is 2.13. The number of rotatable bonds is 2. The van der Waals surface area contributed by atoms with Crippen molar-refractivity contribution in [2.75, 3.05) is 5.32 Å². The van der Waals surface area contributed by atoms with Crippen molar-refractivity contribution >= 4 is 5.69 Å².